The molecule has 4 rings (SSSR count). The van der Waals surface area contributed by atoms with Gasteiger partial charge in [0.2, 0.25) is 5.95 Å². The fraction of sp³-hybridized carbons (Fsp3) is 0.0909. The van der Waals surface area contributed by atoms with Crippen LogP contribution in [0, 0.1) is 12.4 Å². The van der Waals surface area contributed by atoms with Crippen LogP contribution < -0.4 is 22.3 Å². The van der Waals surface area contributed by atoms with Gasteiger partial charge in [-0.3, -0.25) is 9.36 Å². The molecule has 5 N–H and O–H groups in total. The first-order chi connectivity index (χ1) is 15.3. The predicted octanol–water partition coefficient (Wildman–Crippen LogP) is 4.46. The van der Waals surface area contributed by atoms with Gasteiger partial charge in [-0.15, -0.1) is 0 Å². The molecule has 0 unspecified atom stereocenters. The number of hydrogen-bond donors (Lipinski definition) is 3. The smallest absolute Gasteiger partial charge is 0.268 e. The summed E-state index contributed by atoms with van der Waals surface area (Å²) in [4.78, 5) is 24.7. The largest absolute Gasteiger partial charge is 0.392 e. The van der Waals surface area contributed by atoms with E-state index in [0.29, 0.717) is 22.2 Å². The van der Waals surface area contributed by atoms with Crippen molar-refractivity contribution < 1.29 is 4.39 Å². The summed E-state index contributed by atoms with van der Waals surface area (Å²) in [7, 11) is 0. The highest BCUT2D eigenvalue weighted by molar-refractivity contribution is 6.35. The Morgan fingerprint density at radius 1 is 1.19 bits per heavy atom. The molecule has 0 aliphatic rings. The summed E-state index contributed by atoms with van der Waals surface area (Å²) < 4.78 is 15.4. The average Bonchev–Trinajstić information content (AvgIpc) is 2.73. The molecule has 0 saturated carbocycles. The van der Waals surface area contributed by atoms with Crippen molar-refractivity contribution in [3.05, 3.63) is 86.8 Å². The molecule has 0 radical (unpaired) electrons. The molecule has 0 bridgehead atoms. The maximum atomic E-state index is 14.0. The van der Waals surface area contributed by atoms with Crippen LogP contribution in [0.2, 0.25) is 5.02 Å². The number of aromatic nitrogens is 3. The zero-order valence-electron chi connectivity index (χ0n) is 16.8. The third-order valence-electron chi connectivity index (χ3n) is 4.93. The molecule has 32 heavy (non-hydrogen) atoms. The fourth-order valence-electron chi connectivity index (χ4n) is 3.52. The van der Waals surface area contributed by atoms with E-state index in [9.17, 15) is 9.18 Å². The molecule has 8 nitrogen and oxygen atoms in total. The molecular weight excluding hydrogens is 433 g/mol. The summed E-state index contributed by atoms with van der Waals surface area (Å²) in [6, 6.07) is 12.0. The van der Waals surface area contributed by atoms with E-state index < -0.39 is 17.4 Å². The maximum absolute atomic E-state index is 14.0. The van der Waals surface area contributed by atoms with Crippen LogP contribution >= 0.6 is 11.6 Å². The predicted molar refractivity (Wildman–Crippen MR) is 124 cm³/mol. The summed E-state index contributed by atoms with van der Waals surface area (Å²) in [5, 5.41) is 4.30. The van der Waals surface area contributed by atoms with Crippen LogP contribution in [-0.4, -0.2) is 14.5 Å². The number of nitrogens with zero attached hydrogens (tertiary/aromatic N) is 4. The topological polar surface area (TPSA) is 116 Å². The lowest BCUT2D eigenvalue weighted by Gasteiger charge is -2.22. The van der Waals surface area contributed by atoms with E-state index in [2.05, 4.69) is 20.1 Å². The first-order valence-corrected chi connectivity index (χ1v) is 9.85. The summed E-state index contributed by atoms with van der Waals surface area (Å²) in [6.07, 6.45) is 0. The number of anilines is 3. The van der Waals surface area contributed by atoms with E-state index >= 15 is 0 Å². The third kappa shape index (κ3) is 3.68. The monoisotopic (exact) mass is 449 g/mol. The lowest BCUT2D eigenvalue weighted by Crippen LogP contribution is -2.26. The van der Waals surface area contributed by atoms with Crippen LogP contribution in [0.1, 0.15) is 18.7 Å². The second-order valence-corrected chi connectivity index (χ2v) is 7.44. The number of nitrogens with one attached hydrogen (secondary N) is 1. The normalized spacial score (nSPS) is 11.8. The SMILES string of the molecule is [C-]#[N+]c1c(N)nc(N)nc1N[C@@H](C)c1cc2cccc(Cl)c2c(=O)n1-c1cccc(F)c1. The Bertz CT molecular complexity index is 1460. The van der Waals surface area contributed by atoms with E-state index in [0.717, 1.165) is 0 Å². The molecule has 2 aromatic heterocycles. The van der Waals surface area contributed by atoms with Crippen molar-refractivity contribution in [1.29, 1.82) is 0 Å². The van der Waals surface area contributed by atoms with Crippen LogP contribution in [0.3, 0.4) is 0 Å². The van der Waals surface area contributed by atoms with E-state index in [1.807, 2.05) is 0 Å². The molecule has 0 fully saturated rings. The first-order valence-electron chi connectivity index (χ1n) is 9.47. The zero-order chi connectivity index (χ0) is 23.0. The van der Waals surface area contributed by atoms with Gasteiger partial charge in [0.1, 0.15) is 17.5 Å². The highest BCUT2D eigenvalue weighted by Gasteiger charge is 2.20. The van der Waals surface area contributed by atoms with Crippen molar-refractivity contribution in [3.63, 3.8) is 0 Å². The quantitative estimate of drug-likeness (QED) is 0.396. The molecule has 2 aromatic carbocycles. The lowest BCUT2D eigenvalue weighted by molar-refractivity contribution is 0.625. The molecular formula is C22H17ClFN7O. The van der Waals surface area contributed by atoms with Gasteiger partial charge in [-0.25, -0.2) is 19.2 Å². The van der Waals surface area contributed by atoms with Crippen molar-refractivity contribution in [2.45, 2.75) is 13.0 Å². The molecule has 4 aromatic rings. The number of nitrogens with two attached hydrogens (primary N) is 2. The molecule has 0 spiro atoms. The highest BCUT2D eigenvalue weighted by Crippen LogP contribution is 2.33. The number of pyridine rings is 1. The molecule has 160 valence electrons. The van der Waals surface area contributed by atoms with E-state index in [1.54, 1.807) is 37.3 Å². The summed E-state index contributed by atoms with van der Waals surface area (Å²) in [5.74, 6) is -0.527. The highest BCUT2D eigenvalue weighted by atomic mass is 35.5. The molecule has 10 heteroatoms. The van der Waals surface area contributed by atoms with Crippen molar-refractivity contribution in [3.8, 4) is 5.69 Å². The van der Waals surface area contributed by atoms with E-state index in [1.165, 1.54) is 22.8 Å². The molecule has 0 aliphatic heterocycles. The molecule has 0 saturated heterocycles. The molecule has 0 amide bonds. The minimum atomic E-state index is -0.566. The van der Waals surface area contributed by atoms with Crippen molar-refractivity contribution in [2.24, 2.45) is 0 Å². The minimum absolute atomic E-state index is 0.00883. The Morgan fingerprint density at radius 3 is 2.66 bits per heavy atom. The Kier molecular flexibility index (Phi) is 5.38. The van der Waals surface area contributed by atoms with Gasteiger partial charge < -0.3 is 16.8 Å². The van der Waals surface area contributed by atoms with Gasteiger partial charge in [0.05, 0.1) is 28.7 Å². The van der Waals surface area contributed by atoms with Crippen molar-refractivity contribution in [2.75, 3.05) is 16.8 Å². The van der Waals surface area contributed by atoms with Crippen molar-refractivity contribution >= 4 is 45.6 Å². The lowest BCUT2D eigenvalue weighted by atomic mass is 10.1. The van der Waals surface area contributed by atoms with Crippen LogP contribution in [0.4, 0.5) is 27.7 Å². The van der Waals surface area contributed by atoms with Gasteiger partial charge in [-0.05, 0) is 42.6 Å². The van der Waals surface area contributed by atoms with Crippen molar-refractivity contribution in [1.82, 2.24) is 14.5 Å². The van der Waals surface area contributed by atoms with Crippen LogP contribution in [-0.2, 0) is 0 Å². The maximum Gasteiger partial charge on any atom is 0.268 e. The molecule has 2 heterocycles. The third-order valence-corrected chi connectivity index (χ3v) is 5.24. The van der Waals surface area contributed by atoms with E-state index in [4.69, 9.17) is 29.6 Å². The van der Waals surface area contributed by atoms with Gasteiger partial charge in [0.15, 0.2) is 0 Å². The zero-order valence-corrected chi connectivity index (χ0v) is 17.6. The van der Waals surface area contributed by atoms with Crippen LogP contribution in [0.25, 0.3) is 21.3 Å². The standard InChI is InChI=1S/C22H17ClFN7O/c1-11(28-20-18(27-2)19(25)29-22(26)30-20)16-9-12-5-3-8-15(23)17(12)21(32)31(16)14-7-4-6-13(24)10-14/h3-11H,1H3,(H5,25,26,28,29,30)/t11-/m0/s1. The number of rotatable bonds is 4. The molecule has 0 aliphatic carbocycles. The summed E-state index contributed by atoms with van der Waals surface area (Å²) >= 11 is 6.31. The summed E-state index contributed by atoms with van der Waals surface area (Å²) in [6.45, 7) is 9.15. The molecule has 1 atom stereocenters. The van der Waals surface area contributed by atoms with Gasteiger partial charge in [0.25, 0.3) is 11.2 Å². The van der Waals surface area contributed by atoms with Crippen LogP contribution in [0.5, 0.6) is 0 Å². The Hall–Kier alpha value is -4.16. The second kappa shape index (κ2) is 8.17. The van der Waals surface area contributed by atoms with E-state index in [-0.39, 0.29) is 28.3 Å². The first kappa shape index (κ1) is 21.1. The average molecular weight is 450 g/mol. The van der Waals surface area contributed by atoms with Gasteiger partial charge in [-0.2, -0.15) is 0 Å². The number of benzene rings is 2. The van der Waals surface area contributed by atoms with Crippen LogP contribution in [0.15, 0.2) is 53.3 Å². The van der Waals surface area contributed by atoms with Gasteiger partial charge in [0, 0.05) is 5.69 Å². The minimum Gasteiger partial charge on any atom is -0.392 e. The Balaban J connectivity index is 1.95. The number of hydrogen-bond acceptors (Lipinski definition) is 6. The Morgan fingerprint density at radius 2 is 1.94 bits per heavy atom. The van der Waals surface area contributed by atoms with Gasteiger partial charge in [-0.1, -0.05) is 29.8 Å². The Labute approximate surface area is 187 Å². The number of nitrogen functional groups attached to an aromatic ring is 2. The second-order valence-electron chi connectivity index (χ2n) is 7.04. The van der Waals surface area contributed by atoms with Gasteiger partial charge >= 0.3 is 0 Å². The summed E-state index contributed by atoms with van der Waals surface area (Å²) in [5.41, 5.74) is 11.9. The fourth-order valence-corrected chi connectivity index (χ4v) is 3.78. The number of halogens is 2. The number of fused-ring (bicyclic) bond motifs is 1.